The molecule has 1 aliphatic rings. The van der Waals surface area contributed by atoms with Crippen LogP contribution in [0.3, 0.4) is 0 Å². The van der Waals surface area contributed by atoms with Crippen LogP contribution in [0.2, 0.25) is 0 Å². The second-order valence-corrected chi connectivity index (χ2v) is 4.05. The zero-order valence-corrected chi connectivity index (χ0v) is 8.26. The molecule has 0 aromatic carbocycles. The van der Waals surface area contributed by atoms with Crippen LogP contribution in [0.1, 0.15) is 13.3 Å². The lowest BCUT2D eigenvalue weighted by Gasteiger charge is -2.50. The van der Waals surface area contributed by atoms with Crippen LogP contribution < -0.4 is 0 Å². The van der Waals surface area contributed by atoms with Crippen LogP contribution in [0.5, 0.6) is 0 Å². The van der Waals surface area contributed by atoms with Crippen molar-refractivity contribution in [1.82, 2.24) is 0 Å². The average molecular weight is 274 g/mol. The van der Waals surface area contributed by atoms with Gasteiger partial charge in [-0.15, -0.1) is 0 Å². The van der Waals surface area contributed by atoms with Crippen molar-refractivity contribution in [2.75, 3.05) is 0 Å². The lowest BCUT2D eigenvalue weighted by molar-refractivity contribution is -0.372. The molecule has 0 aliphatic heterocycles. The summed E-state index contributed by atoms with van der Waals surface area (Å²) in [5.74, 6) is -19.7. The SMILES string of the molecule is C[C@@H]1[C@@H](CC(F)(F)C(F)(F)F)C(F)(F)C1(F)F. The Labute approximate surface area is 89.8 Å². The molecule has 0 heterocycles. The summed E-state index contributed by atoms with van der Waals surface area (Å²) < 4.78 is 111. The van der Waals surface area contributed by atoms with Crippen molar-refractivity contribution in [2.45, 2.75) is 37.3 Å². The second kappa shape index (κ2) is 3.44. The lowest BCUT2D eigenvalue weighted by atomic mass is 9.65. The smallest absolute Gasteiger partial charge is 0.200 e. The van der Waals surface area contributed by atoms with E-state index >= 15 is 0 Å². The monoisotopic (exact) mass is 274 g/mol. The third-order valence-corrected chi connectivity index (χ3v) is 2.98. The molecule has 0 radical (unpaired) electrons. The van der Waals surface area contributed by atoms with Crippen molar-refractivity contribution in [3.63, 3.8) is 0 Å². The fourth-order valence-electron chi connectivity index (χ4n) is 1.72. The van der Waals surface area contributed by atoms with Gasteiger partial charge < -0.3 is 0 Å². The van der Waals surface area contributed by atoms with E-state index in [1.54, 1.807) is 0 Å². The highest BCUT2D eigenvalue weighted by Crippen LogP contribution is 2.62. The molecule has 0 aromatic rings. The van der Waals surface area contributed by atoms with Gasteiger partial charge in [0, 0.05) is 18.3 Å². The Morgan fingerprint density at radius 2 is 1.29 bits per heavy atom. The van der Waals surface area contributed by atoms with Gasteiger partial charge in [-0.3, -0.25) is 0 Å². The highest BCUT2D eigenvalue weighted by Gasteiger charge is 2.78. The predicted molar refractivity (Wildman–Crippen MR) is 38.2 cm³/mol. The first-order chi connectivity index (χ1) is 7.25. The topological polar surface area (TPSA) is 0 Å². The summed E-state index contributed by atoms with van der Waals surface area (Å²) in [6.45, 7) is 0.522. The molecule has 17 heavy (non-hydrogen) atoms. The van der Waals surface area contributed by atoms with Crippen molar-refractivity contribution >= 4 is 0 Å². The van der Waals surface area contributed by atoms with Crippen LogP contribution in [0.25, 0.3) is 0 Å². The molecule has 1 rings (SSSR count). The quantitative estimate of drug-likeness (QED) is 0.665. The van der Waals surface area contributed by atoms with Crippen LogP contribution in [0, 0.1) is 11.8 Å². The molecule has 1 aliphatic carbocycles. The fraction of sp³-hybridized carbons (Fsp3) is 1.00. The molecule has 0 saturated heterocycles. The number of alkyl halides is 9. The maximum absolute atomic E-state index is 12.7. The average Bonchev–Trinajstić information content (AvgIpc) is 2.10. The zero-order chi connectivity index (χ0) is 13.9. The van der Waals surface area contributed by atoms with Gasteiger partial charge in [-0.25, -0.2) is 0 Å². The molecular weight excluding hydrogens is 267 g/mol. The van der Waals surface area contributed by atoms with E-state index in [9.17, 15) is 39.5 Å². The number of halogens is 9. The van der Waals surface area contributed by atoms with Gasteiger partial charge in [0.1, 0.15) is 0 Å². The summed E-state index contributed by atoms with van der Waals surface area (Å²) >= 11 is 0. The van der Waals surface area contributed by atoms with Crippen LogP contribution >= 0.6 is 0 Å². The Hall–Kier alpha value is -0.630. The maximum atomic E-state index is 12.7. The van der Waals surface area contributed by atoms with Gasteiger partial charge >= 0.3 is 23.9 Å². The minimum atomic E-state index is -6.02. The van der Waals surface area contributed by atoms with E-state index in [-0.39, 0.29) is 0 Å². The van der Waals surface area contributed by atoms with Crippen LogP contribution in [-0.4, -0.2) is 23.9 Å². The van der Waals surface area contributed by atoms with Crippen LogP contribution in [-0.2, 0) is 0 Å². The highest BCUT2D eigenvalue weighted by molar-refractivity contribution is 5.09. The molecule has 9 heteroatoms. The van der Waals surface area contributed by atoms with E-state index in [0.29, 0.717) is 6.92 Å². The van der Waals surface area contributed by atoms with E-state index in [1.807, 2.05) is 0 Å². The van der Waals surface area contributed by atoms with Crippen molar-refractivity contribution < 1.29 is 39.5 Å². The first-order valence-corrected chi connectivity index (χ1v) is 4.45. The van der Waals surface area contributed by atoms with E-state index < -0.39 is 42.2 Å². The summed E-state index contributed by atoms with van der Waals surface area (Å²) in [6, 6.07) is 0. The summed E-state index contributed by atoms with van der Waals surface area (Å²) in [6.07, 6.45) is -8.35. The molecule has 2 atom stereocenters. The molecule has 0 aromatic heterocycles. The summed E-state index contributed by atoms with van der Waals surface area (Å²) in [4.78, 5) is 0. The van der Waals surface area contributed by atoms with Crippen molar-refractivity contribution in [1.29, 1.82) is 0 Å². The Morgan fingerprint density at radius 3 is 1.59 bits per heavy atom. The van der Waals surface area contributed by atoms with E-state index in [0.717, 1.165) is 0 Å². The Balaban J connectivity index is 2.86. The zero-order valence-electron chi connectivity index (χ0n) is 8.26. The summed E-state index contributed by atoms with van der Waals surface area (Å²) in [5.41, 5.74) is 0. The van der Waals surface area contributed by atoms with Crippen molar-refractivity contribution in [3.05, 3.63) is 0 Å². The molecule has 0 N–H and O–H groups in total. The summed E-state index contributed by atoms with van der Waals surface area (Å²) in [7, 11) is 0. The molecule has 1 saturated carbocycles. The molecule has 0 bridgehead atoms. The third kappa shape index (κ3) is 1.87. The minimum absolute atomic E-state index is 0.522. The van der Waals surface area contributed by atoms with Crippen molar-refractivity contribution in [2.24, 2.45) is 11.8 Å². The molecule has 0 spiro atoms. The van der Waals surface area contributed by atoms with E-state index in [1.165, 1.54) is 0 Å². The Morgan fingerprint density at radius 1 is 0.882 bits per heavy atom. The van der Waals surface area contributed by atoms with Gasteiger partial charge in [-0.05, 0) is 0 Å². The van der Waals surface area contributed by atoms with E-state index in [4.69, 9.17) is 0 Å². The first kappa shape index (κ1) is 14.4. The van der Waals surface area contributed by atoms with Crippen LogP contribution in [0.4, 0.5) is 39.5 Å². The molecule has 0 nitrogen and oxygen atoms in total. The Kier molecular flexibility index (Phi) is 2.92. The molecule has 0 amide bonds. The largest absolute Gasteiger partial charge is 0.453 e. The van der Waals surface area contributed by atoms with Gasteiger partial charge in [0.15, 0.2) is 0 Å². The standard InChI is InChI=1S/C8H7F9/c1-3-4(7(13,14)6(3,11)12)2-5(9,10)8(15,16)17/h3-4H,2H2,1H3/t3-,4-/m1/s1. The highest BCUT2D eigenvalue weighted by atomic mass is 19.4. The molecular formula is C8H7F9. The van der Waals surface area contributed by atoms with Crippen LogP contribution in [0.15, 0.2) is 0 Å². The number of rotatable bonds is 2. The normalized spacial score (nSPS) is 32.1. The van der Waals surface area contributed by atoms with Gasteiger partial charge in [0.05, 0.1) is 0 Å². The minimum Gasteiger partial charge on any atom is -0.200 e. The fourth-order valence-corrected chi connectivity index (χ4v) is 1.72. The first-order valence-electron chi connectivity index (χ1n) is 4.45. The lowest BCUT2D eigenvalue weighted by Crippen LogP contribution is -2.67. The van der Waals surface area contributed by atoms with Gasteiger partial charge in [-0.2, -0.15) is 39.5 Å². The molecule has 1 fully saturated rings. The molecule has 0 unspecified atom stereocenters. The predicted octanol–water partition coefficient (Wildman–Crippen LogP) is 4.11. The number of hydrogen-bond acceptors (Lipinski definition) is 0. The van der Waals surface area contributed by atoms with Gasteiger partial charge in [-0.1, -0.05) is 6.92 Å². The van der Waals surface area contributed by atoms with Crippen molar-refractivity contribution in [3.8, 4) is 0 Å². The van der Waals surface area contributed by atoms with Gasteiger partial charge in [0.25, 0.3) is 0 Å². The number of hydrogen-bond donors (Lipinski definition) is 0. The second-order valence-electron chi connectivity index (χ2n) is 4.05. The summed E-state index contributed by atoms with van der Waals surface area (Å²) in [5, 5.41) is 0. The third-order valence-electron chi connectivity index (χ3n) is 2.98. The van der Waals surface area contributed by atoms with E-state index in [2.05, 4.69) is 0 Å². The van der Waals surface area contributed by atoms with Gasteiger partial charge in [0.2, 0.25) is 0 Å². The Bertz CT molecular complexity index is 303. The molecule has 102 valence electrons. The maximum Gasteiger partial charge on any atom is 0.453 e.